The molecule has 3 heterocycles. The van der Waals surface area contributed by atoms with Gasteiger partial charge in [0.2, 0.25) is 0 Å². The van der Waals surface area contributed by atoms with E-state index in [0.29, 0.717) is 6.54 Å². The summed E-state index contributed by atoms with van der Waals surface area (Å²) < 4.78 is 3.91. The van der Waals surface area contributed by atoms with Crippen LogP contribution in [-0.4, -0.2) is 29.4 Å². The molecule has 0 aliphatic carbocycles. The van der Waals surface area contributed by atoms with Crippen molar-refractivity contribution in [2.24, 2.45) is 0 Å². The van der Waals surface area contributed by atoms with Crippen LogP contribution in [0.3, 0.4) is 0 Å². The van der Waals surface area contributed by atoms with Crippen LogP contribution in [0.15, 0.2) is 48.8 Å². The summed E-state index contributed by atoms with van der Waals surface area (Å²) in [5, 5.41) is 16.2. The number of aromatic nitrogens is 6. The lowest BCUT2D eigenvalue weighted by Crippen LogP contribution is -2.12. The van der Waals surface area contributed by atoms with E-state index >= 15 is 0 Å². The van der Waals surface area contributed by atoms with Crippen molar-refractivity contribution in [1.29, 1.82) is 0 Å². The maximum atomic E-state index is 4.51. The molecule has 4 rings (SSSR count). The molecule has 0 aliphatic heterocycles. The van der Waals surface area contributed by atoms with Crippen LogP contribution < -0.4 is 5.32 Å². The average Bonchev–Trinajstić information content (AvgIpc) is 3.24. The second-order valence-electron chi connectivity index (χ2n) is 6.37. The summed E-state index contributed by atoms with van der Waals surface area (Å²) in [6.07, 6.45) is 2.73. The molecule has 3 aromatic heterocycles. The van der Waals surface area contributed by atoms with E-state index in [2.05, 4.69) is 54.4 Å². The van der Waals surface area contributed by atoms with Crippen LogP contribution in [0, 0.1) is 13.8 Å². The Hall–Kier alpha value is -3.22. The van der Waals surface area contributed by atoms with Crippen LogP contribution in [0.2, 0.25) is 0 Å². The summed E-state index contributed by atoms with van der Waals surface area (Å²) in [5.74, 6) is 1.80. The second-order valence-corrected chi connectivity index (χ2v) is 6.37. The van der Waals surface area contributed by atoms with Crippen LogP contribution in [0.5, 0.6) is 0 Å². The lowest BCUT2D eigenvalue weighted by Gasteiger charge is -2.10. The highest BCUT2D eigenvalue weighted by Gasteiger charge is 2.09. The van der Waals surface area contributed by atoms with Gasteiger partial charge >= 0.3 is 0 Å². The summed E-state index contributed by atoms with van der Waals surface area (Å²) in [5.41, 5.74) is 4.04. The van der Waals surface area contributed by atoms with Crippen LogP contribution in [-0.2, 0) is 19.5 Å². The predicted octanol–water partition coefficient (Wildman–Crippen LogP) is 2.79. The van der Waals surface area contributed by atoms with Gasteiger partial charge in [0, 0.05) is 24.4 Å². The first-order valence-corrected chi connectivity index (χ1v) is 8.67. The minimum Gasteiger partial charge on any atom is -0.363 e. The number of hydrogen-bond acceptors (Lipinski definition) is 5. The molecule has 0 radical (unpaired) electrons. The zero-order valence-electron chi connectivity index (χ0n) is 14.9. The number of nitrogens with one attached hydrogen (secondary N) is 1. The van der Waals surface area contributed by atoms with Crippen molar-refractivity contribution in [2.45, 2.75) is 33.4 Å². The molecule has 1 aromatic carbocycles. The molecule has 7 heteroatoms. The van der Waals surface area contributed by atoms with Gasteiger partial charge < -0.3 is 9.88 Å². The molecule has 0 saturated carbocycles. The molecule has 0 amide bonds. The minimum absolute atomic E-state index is 0.576. The topological polar surface area (TPSA) is 72.9 Å². The summed E-state index contributed by atoms with van der Waals surface area (Å²) in [6.45, 7) is 5.37. The Bertz CT molecular complexity index is 1020. The summed E-state index contributed by atoms with van der Waals surface area (Å²) >= 11 is 0. The minimum atomic E-state index is 0.576. The Morgan fingerprint density at radius 2 is 1.88 bits per heavy atom. The zero-order chi connectivity index (χ0) is 17.9. The lowest BCUT2D eigenvalue weighted by atomic mass is 10.1. The Labute approximate surface area is 151 Å². The van der Waals surface area contributed by atoms with Gasteiger partial charge in [0.05, 0.1) is 12.2 Å². The van der Waals surface area contributed by atoms with Crippen LogP contribution in [0.1, 0.15) is 22.8 Å². The first kappa shape index (κ1) is 16.3. The summed E-state index contributed by atoms with van der Waals surface area (Å²) in [6, 6.07) is 14.4. The molecule has 132 valence electrons. The molecule has 0 atom stereocenters. The normalized spacial score (nSPS) is 11.2. The molecule has 0 saturated heterocycles. The first-order valence-electron chi connectivity index (χ1n) is 8.67. The van der Waals surface area contributed by atoms with Crippen molar-refractivity contribution in [3.63, 3.8) is 0 Å². The number of benzene rings is 1. The van der Waals surface area contributed by atoms with E-state index in [-0.39, 0.29) is 0 Å². The van der Waals surface area contributed by atoms with Gasteiger partial charge in [0.25, 0.3) is 0 Å². The third-order valence-electron chi connectivity index (χ3n) is 4.28. The Kier molecular flexibility index (Phi) is 4.35. The van der Waals surface area contributed by atoms with Gasteiger partial charge in [0.15, 0.2) is 11.5 Å². The fourth-order valence-electron chi connectivity index (χ4n) is 3.01. The third-order valence-corrected chi connectivity index (χ3v) is 4.28. The van der Waals surface area contributed by atoms with Crippen molar-refractivity contribution < 1.29 is 0 Å². The van der Waals surface area contributed by atoms with E-state index < -0.39 is 0 Å². The molecular formula is C19H21N7. The fraction of sp³-hybridized carbons (Fsp3) is 0.263. The maximum Gasteiger partial charge on any atom is 0.157 e. The molecule has 26 heavy (non-hydrogen) atoms. The van der Waals surface area contributed by atoms with Crippen LogP contribution in [0.25, 0.3) is 5.65 Å². The van der Waals surface area contributed by atoms with Gasteiger partial charge in [-0.15, -0.1) is 10.2 Å². The number of anilines is 1. The summed E-state index contributed by atoms with van der Waals surface area (Å²) in [7, 11) is 0. The van der Waals surface area contributed by atoms with E-state index in [1.165, 1.54) is 5.56 Å². The maximum absolute atomic E-state index is 4.51. The lowest BCUT2D eigenvalue weighted by molar-refractivity contribution is 0.656. The molecular weight excluding hydrogens is 326 g/mol. The van der Waals surface area contributed by atoms with Gasteiger partial charge in [-0.25, -0.2) is 4.98 Å². The fourth-order valence-corrected chi connectivity index (χ4v) is 3.01. The molecule has 0 bridgehead atoms. The van der Waals surface area contributed by atoms with E-state index in [0.717, 1.165) is 41.6 Å². The highest BCUT2D eigenvalue weighted by molar-refractivity contribution is 5.50. The second kappa shape index (κ2) is 6.95. The van der Waals surface area contributed by atoms with Gasteiger partial charge in [-0.1, -0.05) is 30.3 Å². The van der Waals surface area contributed by atoms with Crippen molar-refractivity contribution in [3.05, 3.63) is 71.6 Å². The molecule has 0 unspecified atom stereocenters. The largest absolute Gasteiger partial charge is 0.363 e. The smallest absolute Gasteiger partial charge is 0.157 e. The third kappa shape index (κ3) is 3.42. The van der Waals surface area contributed by atoms with Crippen molar-refractivity contribution >= 4 is 11.5 Å². The first-order chi connectivity index (χ1) is 12.7. The average molecular weight is 347 g/mol. The van der Waals surface area contributed by atoms with E-state index in [1.54, 1.807) is 6.33 Å². The number of aryl methyl sites for hydroxylation is 4. The Morgan fingerprint density at radius 1 is 1.04 bits per heavy atom. The number of fused-ring (bicyclic) bond motifs is 1. The zero-order valence-corrected chi connectivity index (χ0v) is 14.9. The van der Waals surface area contributed by atoms with Gasteiger partial charge in [0.1, 0.15) is 12.1 Å². The Morgan fingerprint density at radius 3 is 2.73 bits per heavy atom. The summed E-state index contributed by atoms with van der Waals surface area (Å²) in [4.78, 5) is 4.51. The van der Waals surface area contributed by atoms with Crippen molar-refractivity contribution in [1.82, 2.24) is 29.4 Å². The molecule has 0 spiro atoms. The molecule has 4 aromatic rings. The van der Waals surface area contributed by atoms with Gasteiger partial charge in [-0.2, -0.15) is 9.61 Å². The van der Waals surface area contributed by atoms with Crippen LogP contribution in [0.4, 0.5) is 5.82 Å². The van der Waals surface area contributed by atoms with Crippen molar-refractivity contribution in [2.75, 3.05) is 5.32 Å². The monoisotopic (exact) mass is 347 g/mol. The standard InChI is InChI=1S/C19H21N7/c1-14-10-17(26-18(22-14)11-15(2)24-26)20-12-19-23-21-13-25(19)9-8-16-6-4-3-5-7-16/h3-7,10-11,13,20H,8-9,12H2,1-2H3. The number of rotatable bonds is 6. The molecule has 0 fully saturated rings. The highest BCUT2D eigenvalue weighted by atomic mass is 15.3. The number of hydrogen-bond donors (Lipinski definition) is 1. The quantitative estimate of drug-likeness (QED) is 0.581. The SMILES string of the molecule is Cc1cc(NCc2nncn2CCc2ccccc2)n2nc(C)cc2n1. The van der Waals surface area contributed by atoms with E-state index in [1.807, 2.05) is 36.6 Å². The molecule has 1 N–H and O–H groups in total. The number of nitrogens with zero attached hydrogens (tertiary/aromatic N) is 6. The van der Waals surface area contributed by atoms with E-state index in [4.69, 9.17) is 0 Å². The molecule has 7 nitrogen and oxygen atoms in total. The van der Waals surface area contributed by atoms with Crippen molar-refractivity contribution in [3.8, 4) is 0 Å². The highest BCUT2D eigenvalue weighted by Crippen LogP contribution is 2.14. The van der Waals surface area contributed by atoms with Gasteiger partial charge in [-0.3, -0.25) is 0 Å². The van der Waals surface area contributed by atoms with Crippen LogP contribution >= 0.6 is 0 Å². The molecule has 0 aliphatic rings. The van der Waals surface area contributed by atoms with E-state index in [9.17, 15) is 0 Å². The Balaban J connectivity index is 1.48. The predicted molar refractivity (Wildman–Crippen MR) is 100.0 cm³/mol. The van der Waals surface area contributed by atoms with Gasteiger partial charge in [-0.05, 0) is 25.8 Å².